The first-order chi connectivity index (χ1) is 17.4. The number of nitrogen functional groups attached to an aromatic ring is 1. The van der Waals surface area contributed by atoms with Crippen molar-refractivity contribution in [3.05, 3.63) is 62.3 Å². The van der Waals surface area contributed by atoms with Gasteiger partial charge in [0.2, 0.25) is 5.91 Å². The molecule has 1 aromatic heterocycles. The third-order valence-corrected chi connectivity index (χ3v) is 7.46. The number of nitrogens with zero attached hydrogens (tertiary/aromatic N) is 3. The van der Waals surface area contributed by atoms with Gasteiger partial charge in [-0.25, -0.2) is 4.79 Å². The minimum atomic E-state index is -0.672. The summed E-state index contributed by atoms with van der Waals surface area (Å²) < 4.78 is 2.34. The lowest BCUT2D eigenvalue weighted by atomic mass is 9.94. The van der Waals surface area contributed by atoms with Crippen LogP contribution in [0.2, 0.25) is 0 Å². The topological polar surface area (TPSA) is 119 Å². The van der Waals surface area contributed by atoms with Crippen molar-refractivity contribution in [2.24, 2.45) is 0 Å². The van der Waals surface area contributed by atoms with E-state index in [2.05, 4.69) is 5.32 Å². The molecular weight excluding hydrogens is 458 g/mol. The van der Waals surface area contributed by atoms with Crippen molar-refractivity contribution >= 4 is 17.5 Å². The van der Waals surface area contributed by atoms with Gasteiger partial charge in [-0.2, -0.15) is 0 Å². The van der Waals surface area contributed by atoms with Gasteiger partial charge in [-0.05, 0) is 44.7 Å². The number of hydrogen-bond donors (Lipinski definition) is 2. The molecular formula is C27H37N5O4. The van der Waals surface area contributed by atoms with Gasteiger partial charge in [-0.15, -0.1) is 0 Å². The molecule has 1 saturated carbocycles. The van der Waals surface area contributed by atoms with E-state index in [9.17, 15) is 19.2 Å². The number of benzene rings is 1. The quantitative estimate of drug-likeness (QED) is 0.542. The lowest BCUT2D eigenvalue weighted by Gasteiger charge is -2.35. The molecule has 194 valence electrons. The molecule has 0 spiro atoms. The third kappa shape index (κ3) is 5.61. The summed E-state index contributed by atoms with van der Waals surface area (Å²) in [7, 11) is 0. The molecule has 9 heteroatoms. The monoisotopic (exact) mass is 495 g/mol. The SMILES string of the molecule is CCn1c(=O)c(C(=O)CN2CCCCC2C(=O)NC2CCCCC2)c(N)n(Cc2ccccc2)c1=O. The lowest BCUT2D eigenvalue weighted by molar-refractivity contribution is -0.128. The molecule has 4 rings (SSSR count). The van der Waals surface area contributed by atoms with E-state index < -0.39 is 23.1 Å². The fourth-order valence-corrected chi connectivity index (χ4v) is 5.46. The Balaban J connectivity index is 1.59. The molecule has 2 aromatic rings. The second-order valence-corrected chi connectivity index (χ2v) is 9.91. The summed E-state index contributed by atoms with van der Waals surface area (Å²) in [5, 5.41) is 3.19. The van der Waals surface area contributed by atoms with Gasteiger partial charge in [0.25, 0.3) is 5.56 Å². The molecule has 3 N–H and O–H groups in total. The van der Waals surface area contributed by atoms with Crippen LogP contribution in [0.15, 0.2) is 39.9 Å². The summed E-state index contributed by atoms with van der Waals surface area (Å²) >= 11 is 0. The fourth-order valence-electron chi connectivity index (χ4n) is 5.46. The van der Waals surface area contributed by atoms with E-state index in [0.717, 1.165) is 48.7 Å². The number of piperidine rings is 1. The first-order valence-corrected chi connectivity index (χ1v) is 13.1. The van der Waals surface area contributed by atoms with Crippen LogP contribution in [0.1, 0.15) is 74.2 Å². The number of Topliss-reactive ketones (excluding diaryl/α,β-unsaturated/α-hetero) is 1. The zero-order chi connectivity index (χ0) is 25.7. The first kappa shape index (κ1) is 25.9. The van der Waals surface area contributed by atoms with Crippen molar-refractivity contribution in [2.75, 3.05) is 18.8 Å². The number of nitrogens with two attached hydrogens (primary N) is 1. The Morgan fingerprint density at radius 3 is 2.36 bits per heavy atom. The Kier molecular flexibility index (Phi) is 8.40. The Morgan fingerprint density at radius 2 is 1.67 bits per heavy atom. The molecule has 1 saturated heterocycles. The molecule has 1 atom stereocenters. The number of carbonyl (C=O) groups is 2. The van der Waals surface area contributed by atoms with Gasteiger partial charge in [-0.3, -0.25) is 28.4 Å². The summed E-state index contributed by atoms with van der Waals surface area (Å²) in [6.45, 7) is 2.48. The molecule has 2 heterocycles. The van der Waals surface area contributed by atoms with Crippen LogP contribution in [0.5, 0.6) is 0 Å². The van der Waals surface area contributed by atoms with E-state index in [0.29, 0.717) is 13.0 Å². The van der Waals surface area contributed by atoms with Gasteiger partial charge >= 0.3 is 5.69 Å². The molecule has 0 bridgehead atoms. The molecule has 1 aliphatic carbocycles. The second-order valence-electron chi connectivity index (χ2n) is 9.91. The van der Waals surface area contributed by atoms with E-state index in [4.69, 9.17) is 5.73 Å². The van der Waals surface area contributed by atoms with Gasteiger partial charge in [0.15, 0.2) is 5.78 Å². The van der Waals surface area contributed by atoms with Crippen LogP contribution in [-0.2, 0) is 17.9 Å². The highest BCUT2D eigenvalue weighted by molar-refractivity contribution is 6.01. The molecule has 0 radical (unpaired) electrons. The van der Waals surface area contributed by atoms with Gasteiger partial charge in [0.05, 0.1) is 19.1 Å². The van der Waals surface area contributed by atoms with Crippen molar-refractivity contribution in [3.8, 4) is 0 Å². The highest BCUT2D eigenvalue weighted by atomic mass is 16.2. The van der Waals surface area contributed by atoms with Crippen LogP contribution < -0.4 is 22.3 Å². The number of amides is 1. The largest absolute Gasteiger partial charge is 0.384 e. The smallest absolute Gasteiger partial charge is 0.332 e. The fraction of sp³-hybridized carbons (Fsp3) is 0.556. The number of rotatable bonds is 8. The molecule has 36 heavy (non-hydrogen) atoms. The van der Waals surface area contributed by atoms with Crippen LogP contribution in [-0.4, -0.2) is 50.9 Å². The number of aromatic nitrogens is 2. The Morgan fingerprint density at radius 1 is 0.972 bits per heavy atom. The number of ketones is 1. The summed E-state index contributed by atoms with van der Waals surface area (Å²) in [5.74, 6) is -0.620. The van der Waals surface area contributed by atoms with Crippen LogP contribution >= 0.6 is 0 Å². The Labute approximate surface area is 211 Å². The molecule has 2 aliphatic rings. The number of carbonyl (C=O) groups excluding carboxylic acids is 2. The van der Waals surface area contributed by atoms with E-state index >= 15 is 0 Å². The van der Waals surface area contributed by atoms with E-state index in [-0.39, 0.29) is 43.0 Å². The van der Waals surface area contributed by atoms with Gasteiger partial charge in [-0.1, -0.05) is 56.0 Å². The normalized spacial score (nSPS) is 19.2. The second kappa shape index (κ2) is 11.7. The summed E-state index contributed by atoms with van der Waals surface area (Å²) in [6.07, 6.45) is 7.91. The van der Waals surface area contributed by atoms with Crippen molar-refractivity contribution in [1.29, 1.82) is 0 Å². The summed E-state index contributed by atoms with van der Waals surface area (Å²) in [5.41, 5.74) is 5.76. The number of hydrogen-bond acceptors (Lipinski definition) is 6. The van der Waals surface area contributed by atoms with E-state index in [1.54, 1.807) is 6.92 Å². The van der Waals surface area contributed by atoms with Crippen LogP contribution in [0.25, 0.3) is 0 Å². The van der Waals surface area contributed by atoms with Crippen LogP contribution in [0.3, 0.4) is 0 Å². The molecule has 1 aliphatic heterocycles. The summed E-state index contributed by atoms with van der Waals surface area (Å²) in [4.78, 5) is 54.7. The van der Waals surface area contributed by atoms with E-state index in [1.807, 2.05) is 35.2 Å². The van der Waals surface area contributed by atoms with Crippen molar-refractivity contribution in [3.63, 3.8) is 0 Å². The maximum atomic E-state index is 13.5. The predicted molar refractivity (Wildman–Crippen MR) is 139 cm³/mol. The average Bonchev–Trinajstić information content (AvgIpc) is 2.88. The Hall–Kier alpha value is -3.20. The lowest BCUT2D eigenvalue weighted by Crippen LogP contribution is -2.53. The number of likely N-dealkylation sites (tertiary alicyclic amines) is 1. The van der Waals surface area contributed by atoms with Crippen LogP contribution in [0.4, 0.5) is 5.82 Å². The predicted octanol–water partition coefficient (Wildman–Crippen LogP) is 2.15. The minimum absolute atomic E-state index is 0.0395. The maximum Gasteiger partial charge on any atom is 0.332 e. The highest BCUT2D eigenvalue weighted by Crippen LogP contribution is 2.21. The standard InChI is InChI=1S/C27H37N5O4/c1-2-31-26(35)23(24(28)32(27(31)36)17-19-11-5-3-6-12-19)22(33)18-30-16-10-9-15-21(30)25(34)29-20-13-7-4-8-14-20/h3,5-6,11-12,20-21H,2,4,7-10,13-18,28H2,1H3,(H,29,34). The third-order valence-electron chi connectivity index (χ3n) is 7.46. The van der Waals surface area contributed by atoms with Gasteiger partial charge < -0.3 is 11.1 Å². The molecule has 1 amide bonds. The average molecular weight is 496 g/mol. The zero-order valence-corrected chi connectivity index (χ0v) is 21.1. The minimum Gasteiger partial charge on any atom is -0.384 e. The van der Waals surface area contributed by atoms with Crippen molar-refractivity contribution < 1.29 is 9.59 Å². The molecule has 1 aromatic carbocycles. The van der Waals surface area contributed by atoms with Crippen LogP contribution in [0, 0.1) is 0 Å². The van der Waals surface area contributed by atoms with E-state index in [1.165, 1.54) is 11.0 Å². The first-order valence-electron chi connectivity index (χ1n) is 13.1. The highest BCUT2D eigenvalue weighted by Gasteiger charge is 2.33. The van der Waals surface area contributed by atoms with Crippen molar-refractivity contribution in [2.45, 2.75) is 83.5 Å². The van der Waals surface area contributed by atoms with Gasteiger partial charge in [0.1, 0.15) is 11.4 Å². The number of nitrogens with one attached hydrogen (secondary N) is 1. The zero-order valence-electron chi connectivity index (χ0n) is 21.1. The molecule has 9 nitrogen and oxygen atoms in total. The number of anilines is 1. The Bertz CT molecular complexity index is 1200. The van der Waals surface area contributed by atoms with Crippen molar-refractivity contribution in [1.82, 2.24) is 19.4 Å². The van der Waals surface area contributed by atoms with Gasteiger partial charge in [0, 0.05) is 12.6 Å². The molecule has 1 unspecified atom stereocenters. The molecule has 2 fully saturated rings. The maximum absolute atomic E-state index is 13.5. The summed E-state index contributed by atoms with van der Waals surface area (Å²) in [6, 6.07) is 9.09.